The Morgan fingerprint density at radius 3 is 2.82 bits per heavy atom. The van der Waals surface area contributed by atoms with Crippen LogP contribution in [0.25, 0.3) is 10.9 Å². The molecule has 142 valence electrons. The summed E-state index contributed by atoms with van der Waals surface area (Å²) in [6.45, 7) is 1.52. The van der Waals surface area contributed by atoms with E-state index in [1.54, 1.807) is 24.3 Å². The van der Waals surface area contributed by atoms with Crippen molar-refractivity contribution in [2.24, 2.45) is 0 Å². The molecule has 0 bridgehead atoms. The van der Waals surface area contributed by atoms with Crippen LogP contribution in [0.1, 0.15) is 11.3 Å². The average Bonchev–Trinajstić information content (AvgIpc) is 2.72. The highest BCUT2D eigenvalue weighted by molar-refractivity contribution is 6.32. The fraction of sp³-hybridized carbons (Fsp3) is 0.190. The second-order valence-electron chi connectivity index (χ2n) is 6.41. The maximum absolute atomic E-state index is 12.4. The quantitative estimate of drug-likeness (QED) is 0.629. The highest BCUT2D eigenvalue weighted by atomic mass is 35.5. The number of fused-ring (bicyclic) bond motifs is 2. The number of esters is 1. The lowest BCUT2D eigenvalue weighted by Gasteiger charge is -2.28. The van der Waals surface area contributed by atoms with E-state index in [4.69, 9.17) is 21.1 Å². The molecule has 0 unspecified atom stereocenters. The van der Waals surface area contributed by atoms with E-state index in [1.165, 1.54) is 4.90 Å². The van der Waals surface area contributed by atoms with Gasteiger partial charge in [-0.2, -0.15) is 0 Å². The first-order valence-corrected chi connectivity index (χ1v) is 9.14. The SMILES string of the molecule is Cc1c(Cl)c(COC(=O)CN2C(=O)COc3ccccc32)nc2ccccc12. The smallest absolute Gasteiger partial charge is 0.326 e. The molecule has 3 aromatic rings. The van der Waals surface area contributed by atoms with Crippen molar-refractivity contribution in [3.63, 3.8) is 0 Å². The zero-order valence-corrected chi connectivity index (χ0v) is 15.9. The van der Waals surface area contributed by atoms with Gasteiger partial charge in [0, 0.05) is 5.39 Å². The number of carbonyl (C=O) groups excluding carboxylic acids is 2. The van der Waals surface area contributed by atoms with E-state index in [9.17, 15) is 9.59 Å². The van der Waals surface area contributed by atoms with Gasteiger partial charge in [-0.25, -0.2) is 4.98 Å². The molecule has 2 heterocycles. The summed E-state index contributed by atoms with van der Waals surface area (Å²) in [6.07, 6.45) is 0. The summed E-state index contributed by atoms with van der Waals surface area (Å²) >= 11 is 6.40. The molecule has 0 aliphatic carbocycles. The van der Waals surface area contributed by atoms with Crippen molar-refractivity contribution in [2.45, 2.75) is 13.5 Å². The third kappa shape index (κ3) is 3.39. The van der Waals surface area contributed by atoms with Gasteiger partial charge in [-0.3, -0.25) is 14.5 Å². The zero-order chi connectivity index (χ0) is 19.7. The summed E-state index contributed by atoms with van der Waals surface area (Å²) in [5.74, 6) is -0.285. The highest BCUT2D eigenvalue weighted by Gasteiger charge is 2.27. The van der Waals surface area contributed by atoms with Crippen LogP contribution >= 0.6 is 11.6 Å². The van der Waals surface area contributed by atoms with E-state index in [-0.39, 0.29) is 25.7 Å². The van der Waals surface area contributed by atoms with Crippen LogP contribution in [0.5, 0.6) is 5.75 Å². The maximum Gasteiger partial charge on any atom is 0.326 e. The van der Waals surface area contributed by atoms with Crippen molar-refractivity contribution >= 4 is 40.1 Å². The van der Waals surface area contributed by atoms with Crippen molar-refractivity contribution in [3.8, 4) is 5.75 Å². The number of ether oxygens (including phenoxy) is 2. The van der Waals surface area contributed by atoms with Gasteiger partial charge in [0.25, 0.3) is 5.91 Å². The largest absolute Gasteiger partial charge is 0.482 e. The summed E-state index contributed by atoms with van der Waals surface area (Å²) in [5, 5.41) is 1.43. The van der Waals surface area contributed by atoms with Gasteiger partial charge in [-0.05, 0) is 30.7 Å². The lowest BCUT2D eigenvalue weighted by Crippen LogP contribution is -2.42. The van der Waals surface area contributed by atoms with E-state index < -0.39 is 5.97 Å². The summed E-state index contributed by atoms with van der Waals surface area (Å²) in [5.41, 5.74) is 2.71. The van der Waals surface area contributed by atoms with Crippen molar-refractivity contribution in [3.05, 3.63) is 64.8 Å². The summed E-state index contributed by atoms with van der Waals surface area (Å²) in [7, 11) is 0. The minimum atomic E-state index is -0.547. The third-order valence-electron chi connectivity index (χ3n) is 4.61. The van der Waals surface area contributed by atoms with Crippen molar-refractivity contribution in [2.75, 3.05) is 18.1 Å². The van der Waals surface area contributed by atoms with Crippen LogP contribution in [-0.2, 0) is 20.9 Å². The lowest BCUT2D eigenvalue weighted by atomic mass is 10.1. The number of pyridine rings is 1. The van der Waals surface area contributed by atoms with Gasteiger partial charge in [0.1, 0.15) is 18.9 Å². The van der Waals surface area contributed by atoms with Crippen LogP contribution in [0.4, 0.5) is 5.69 Å². The maximum atomic E-state index is 12.4. The molecule has 7 heteroatoms. The van der Waals surface area contributed by atoms with Gasteiger partial charge in [0.15, 0.2) is 6.61 Å². The van der Waals surface area contributed by atoms with Gasteiger partial charge in [-0.15, -0.1) is 0 Å². The van der Waals surface area contributed by atoms with Crippen LogP contribution < -0.4 is 9.64 Å². The Kier molecular flexibility index (Phi) is 4.88. The van der Waals surface area contributed by atoms with Gasteiger partial charge in [-0.1, -0.05) is 41.9 Å². The molecule has 2 aromatic carbocycles. The predicted molar refractivity (Wildman–Crippen MR) is 106 cm³/mol. The van der Waals surface area contributed by atoms with E-state index in [1.807, 2.05) is 31.2 Å². The topological polar surface area (TPSA) is 68.7 Å². The molecule has 28 heavy (non-hydrogen) atoms. The standard InChI is InChI=1S/C21H17ClN2O4/c1-13-14-6-2-3-7-15(14)23-16(21(13)22)11-28-20(26)10-24-17-8-4-5-9-18(17)27-12-19(24)25/h2-9H,10-12H2,1H3. The van der Waals surface area contributed by atoms with Crippen LogP contribution in [-0.4, -0.2) is 30.0 Å². The molecular weight excluding hydrogens is 380 g/mol. The number of halogens is 1. The molecule has 0 saturated carbocycles. The van der Waals surface area contributed by atoms with Gasteiger partial charge < -0.3 is 9.47 Å². The van der Waals surface area contributed by atoms with Gasteiger partial charge in [0.2, 0.25) is 0 Å². The number of aryl methyl sites for hydroxylation is 1. The second-order valence-corrected chi connectivity index (χ2v) is 6.79. The molecule has 0 fully saturated rings. The molecule has 0 spiro atoms. The average molecular weight is 397 g/mol. The second kappa shape index (κ2) is 7.48. The Morgan fingerprint density at radius 2 is 1.96 bits per heavy atom. The van der Waals surface area contributed by atoms with E-state index in [2.05, 4.69) is 4.98 Å². The first kappa shape index (κ1) is 18.3. The number of carbonyl (C=O) groups is 2. The van der Waals surface area contributed by atoms with Crippen LogP contribution in [0.15, 0.2) is 48.5 Å². The lowest BCUT2D eigenvalue weighted by molar-refractivity contribution is -0.144. The summed E-state index contributed by atoms with van der Waals surface area (Å²) in [4.78, 5) is 30.4. The monoisotopic (exact) mass is 396 g/mol. The molecule has 1 aliphatic rings. The van der Waals surface area contributed by atoms with Crippen molar-refractivity contribution in [1.82, 2.24) is 4.98 Å². The number of benzene rings is 2. The molecule has 0 saturated heterocycles. The highest BCUT2D eigenvalue weighted by Crippen LogP contribution is 2.31. The number of hydrogen-bond donors (Lipinski definition) is 0. The number of amides is 1. The van der Waals surface area contributed by atoms with Crippen LogP contribution in [0, 0.1) is 6.92 Å². The summed E-state index contributed by atoms with van der Waals surface area (Å²) in [6, 6.07) is 14.7. The molecule has 1 amide bonds. The Morgan fingerprint density at radius 1 is 1.21 bits per heavy atom. The van der Waals surface area contributed by atoms with E-state index >= 15 is 0 Å². The first-order valence-electron chi connectivity index (χ1n) is 8.76. The van der Waals surface area contributed by atoms with Crippen LogP contribution in [0.3, 0.4) is 0 Å². The Labute approximate surface area is 166 Å². The minimum absolute atomic E-state index is 0.0660. The van der Waals surface area contributed by atoms with Gasteiger partial charge in [0.05, 0.1) is 21.9 Å². The number of anilines is 1. The molecule has 0 atom stereocenters. The Bertz CT molecular complexity index is 1080. The Hall–Kier alpha value is -3.12. The van der Waals surface area contributed by atoms with E-state index in [0.29, 0.717) is 22.2 Å². The number of nitrogens with zero attached hydrogens (tertiary/aromatic N) is 2. The van der Waals surface area contributed by atoms with Crippen molar-refractivity contribution < 1.29 is 19.1 Å². The molecule has 0 N–H and O–H groups in total. The molecular formula is C21H17ClN2O4. The van der Waals surface area contributed by atoms with Crippen LogP contribution in [0.2, 0.25) is 5.02 Å². The van der Waals surface area contributed by atoms with E-state index in [0.717, 1.165) is 16.5 Å². The molecule has 6 nitrogen and oxygen atoms in total. The molecule has 1 aromatic heterocycles. The fourth-order valence-electron chi connectivity index (χ4n) is 3.16. The molecule has 1 aliphatic heterocycles. The Balaban J connectivity index is 1.49. The normalized spacial score (nSPS) is 13.2. The fourth-order valence-corrected chi connectivity index (χ4v) is 3.36. The first-order chi connectivity index (χ1) is 13.5. The minimum Gasteiger partial charge on any atom is -0.482 e. The van der Waals surface area contributed by atoms with Gasteiger partial charge >= 0.3 is 5.97 Å². The number of para-hydroxylation sites is 3. The van der Waals surface area contributed by atoms with Crippen molar-refractivity contribution in [1.29, 1.82) is 0 Å². The number of hydrogen-bond acceptors (Lipinski definition) is 5. The third-order valence-corrected chi connectivity index (χ3v) is 5.11. The zero-order valence-electron chi connectivity index (χ0n) is 15.1. The number of rotatable bonds is 4. The predicted octanol–water partition coefficient (Wildman–Crippen LogP) is 3.67. The molecule has 0 radical (unpaired) electrons. The molecule has 4 rings (SSSR count). The summed E-state index contributed by atoms with van der Waals surface area (Å²) < 4.78 is 10.7. The number of aromatic nitrogens is 1.